The molecule has 2 rings (SSSR count). The third kappa shape index (κ3) is 4.49. The Morgan fingerprint density at radius 2 is 1.83 bits per heavy atom. The maximum Gasteiger partial charge on any atom is 0.245 e. The quantitative estimate of drug-likeness (QED) is 0.882. The first-order valence-corrected chi connectivity index (χ1v) is 9.50. The molecule has 1 amide bonds. The first-order chi connectivity index (χ1) is 11.2. The van der Waals surface area contributed by atoms with E-state index in [9.17, 15) is 13.2 Å². The molecule has 0 radical (unpaired) electrons. The third-order valence-electron chi connectivity index (χ3n) is 3.47. The fourth-order valence-corrected chi connectivity index (χ4v) is 3.46. The average Bonchev–Trinajstić information content (AvgIpc) is 2.47. The van der Waals surface area contributed by atoms with E-state index in [1.165, 1.54) is 0 Å². The normalized spacial score (nSPS) is 11.2. The molecule has 7 heteroatoms. The lowest BCUT2D eigenvalue weighted by molar-refractivity contribution is -0.114. The van der Waals surface area contributed by atoms with Crippen LogP contribution in [-0.2, 0) is 14.8 Å². The van der Waals surface area contributed by atoms with Crippen molar-refractivity contribution in [1.29, 1.82) is 0 Å². The Kier molecular flexibility index (Phi) is 5.51. The standard InChI is InChI=1S/C17H19ClN2O3S/c1-12-8-9-15(14(18)10-12)19-17(21)11-20(24(3,22)23)16-7-5-4-6-13(16)2/h4-10H,11H2,1-3H3,(H,19,21). The largest absolute Gasteiger partial charge is 0.323 e. The summed E-state index contributed by atoms with van der Waals surface area (Å²) in [5, 5.41) is 3.06. The Morgan fingerprint density at radius 3 is 2.42 bits per heavy atom. The second-order valence-corrected chi connectivity index (χ2v) is 7.90. The number of carbonyl (C=O) groups is 1. The Hall–Kier alpha value is -2.05. The fourth-order valence-electron chi connectivity index (χ4n) is 2.27. The van der Waals surface area contributed by atoms with Gasteiger partial charge in [-0.1, -0.05) is 35.9 Å². The van der Waals surface area contributed by atoms with Crippen molar-refractivity contribution in [3.63, 3.8) is 0 Å². The third-order valence-corrected chi connectivity index (χ3v) is 4.91. The van der Waals surface area contributed by atoms with Crippen LogP contribution in [0.1, 0.15) is 11.1 Å². The van der Waals surface area contributed by atoms with E-state index in [2.05, 4.69) is 5.32 Å². The predicted octanol–water partition coefficient (Wildman–Crippen LogP) is 3.36. The number of para-hydroxylation sites is 1. The van der Waals surface area contributed by atoms with Crippen LogP contribution in [0.15, 0.2) is 42.5 Å². The van der Waals surface area contributed by atoms with Crippen LogP contribution in [0.2, 0.25) is 5.02 Å². The zero-order valence-corrected chi connectivity index (χ0v) is 15.3. The Morgan fingerprint density at radius 1 is 1.17 bits per heavy atom. The number of benzene rings is 2. The molecule has 0 unspecified atom stereocenters. The molecular weight excluding hydrogens is 348 g/mol. The van der Waals surface area contributed by atoms with Crippen molar-refractivity contribution >= 4 is 38.9 Å². The zero-order valence-electron chi connectivity index (χ0n) is 13.7. The minimum atomic E-state index is -3.61. The molecule has 2 aromatic rings. The van der Waals surface area contributed by atoms with Gasteiger partial charge in [0, 0.05) is 0 Å². The highest BCUT2D eigenvalue weighted by molar-refractivity contribution is 7.92. The van der Waals surface area contributed by atoms with E-state index in [0.29, 0.717) is 16.4 Å². The van der Waals surface area contributed by atoms with Crippen molar-refractivity contribution in [2.75, 3.05) is 22.4 Å². The lowest BCUT2D eigenvalue weighted by Gasteiger charge is -2.23. The van der Waals surface area contributed by atoms with E-state index < -0.39 is 15.9 Å². The topological polar surface area (TPSA) is 66.5 Å². The minimum absolute atomic E-state index is 0.326. The van der Waals surface area contributed by atoms with Crippen LogP contribution >= 0.6 is 11.6 Å². The monoisotopic (exact) mass is 366 g/mol. The molecule has 2 aromatic carbocycles. The van der Waals surface area contributed by atoms with Crippen LogP contribution in [0.4, 0.5) is 11.4 Å². The van der Waals surface area contributed by atoms with E-state index in [4.69, 9.17) is 11.6 Å². The number of sulfonamides is 1. The van der Waals surface area contributed by atoms with Gasteiger partial charge in [-0.25, -0.2) is 8.42 Å². The molecule has 128 valence electrons. The van der Waals surface area contributed by atoms with Gasteiger partial charge < -0.3 is 5.32 Å². The molecule has 0 spiro atoms. The number of carbonyl (C=O) groups excluding carboxylic acids is 1. The van der Waals surface area contributed by atoms with E-state index in [-0.39, 0.29) is 6.54 Å². The highest BCUT2D eigenvalue weighted by Gasteiger charge is 2.22. The second kappa shape index (κ2) is 7.23. The van der Waals surface area contributed by atoms with Crippen LogP contribution in [0.5, 0.6) is 0 Å². The minimum Gasteiger partial charge on any atom is -0.323 e. The summed E-state index contributed by atoms with van der Waals surface area (Å²) in [5.41, 5.74) is 2.66. The number of aryl methyl sites for hydroxylation is 2. The Balaban J connectivity index is 2.24. The molecule has 0 aromatic heterocycles. The summed E-state index contributed by atoms with van der Waals surface area (Å²) >= 11 is 6.10. The fraction of sp³-hybridized carbons (Fsp3) is 0.235. The van der Waals surface area contributed by atoms with Gasteiger partial charge in [0.15, 0.2) is 0 Å². The van der Waals surface area contributed by atoms with Gasteiger partial charge in [0.1, 0.15) is 6.54 Å². The van der Waals surface area contributed by atoms with E-state index in [0.717, 1.165) is 21.7 Å². The number of anilines is 2. The lowest BCUT2D eigenvalue weighted by Crippen LogP contribution is -2.37. The van der Waals surface area contributed by atoms with Crippen molar-refractivity contribution < 1.29 is 13.2 Å². The van der Waals surface area contributed by atoms with Gasteiger partial charge in [-0.3, -0.25) is 9.10 Å². The molecule has 0 aliphatic carbocycles. The first kappa shape index (κ1) is 18.3. The summed E-state index contributed by atoms with van der Waals surface area (Å²) in [6.45, 7) is 3.36. The summed E-state index contributed by atoms with van der Waals surface area (Å²) in [7, 11) is -3.61. The van der Waals surface area contributed by atoms with Crippen molar-refractivity contribution in [2.45, 2.75) is 13.8 Å². The number of halogens is 1. The summed E-state index contributed by atoms with van der Waals surface area (Å²) in [4.78, 5) is 12.3. The molecule has 5 nitrogen and oxygen atoms in total. The average molecular weight is 367 g/mol. The van der Waals surface area contributed by atoms with Gasteiger partial charge >= 0.3 is 0 Å². The van der Waals surface area contributed by atoms with Crippen molar-refractivity contribution in [1.82, 2.24) is 0 Å². The Bertz CT molecular complexity index is 866. The molecule has 0 atom stereocenters. The number of amides is 1. The summed E-state index contributed by atoms with van der Waals surface area (Å²) in [6.07, 6.45) is 1.07. The van der Waals surface area contributed by atoms with Gasteiger partial charge in [0.2, 0.25) is 15.9 Å². The van der Waals surface area contributed by atoms with E-state index >= 15 is 0 Å². The zero-order chi connectivity index (χ0) is 17.9. The summed E-state index contributed by atoms with van der Waals surface area (Å²) in [5.74, 6) is -0.463. The van der Waals surface area contributed by atoms with Gasteiger partial charge in [0.25, 0.3) is 0 Å². The smallest absolute Gasteiger partial charge is 0.245 e. The van der Waals surface area contributed by atoms with Crippen LogP contribution < -0.4 is 9.62 Å². The summed E-state index contributed by atoms with van der Waals surface area (Å²) in [6, 6.07) is 12.2. The van der Waals surface area contributed by atoms with Gasteiger partial charge in [0.05, 0.1) is 22.7 Å². The van der Waals surface area contributed by atoms with Gasteiger partial charge in [-0.2, -0.15) is 0 Å². The molecule has 0 aliphatic rings. The first-order valence-electron chi connectivity index (χ1n) is 7.28. The number of hydrogen-bond donors (Lipinski definition) is 1. The second-order valence-electron chi connectivity index (χ2n) is 5.59. The predicted molar refractivity (Wildman–Crippen MR) is 98.2 cm³/mol. The molecule has 0 saturated heterocycles. The van der Waals surface area contributed by atoms with Crippen molar-refractivity contribution in [2.24, 2.45) is 0 Å². The molecule has 1 N–H and O–H groups in total. The SMILES string of the molecule is Cc1ccc(NC(=O)CN(c2ccccc2C)S(C)(=O)=O)c(Cl)c1. The maximum atomic E-state index is 12.3. The van der Waals surface area contributed by atoms with Crippen LogP contribution in [0, 0.1) is 13.8 Å². The maximum absolute atomic E-state index is 12.3. The number of hydrogen-bond acceptors (Lipinski definition) is 3. The molecule has 0 fully saturated rings. The highest BCUT2D eigenvalue weighted by Crippen LogP contribution is 2.24. The van der Waals surface area contributed by atoms with Crippen molar-refractivity contribution in [3.8, 4) is 0 Å². The van der Waals surface area contributed by atoms with Crippen LogP contribution in [-0.4, -0.2) is 27.1 Å². The molecule has 0 bridgehead atoms. The van der Waals surface area contributed by atoms with E-state index in [1.807, 2.05) is 19.1 Å². The highest BCUT2D eigenvalue weighted by atomic mass is 35.5. The molecule has 0 aliphatic heterocycles. The number of nitrogens with zero attached hydrogens (tertiary/aromatic N) is 1. The van der Waals surface area contributed by atoms with Gasteiger partial charge in [-0.05, 0) is 43.2 Å². The van der Waals surface area contributed by atoms with Crippen LogP contribution in [0.3, 0.4) is 0 Å². The van der Waals surface area contributed by atoms with Crippen molar-refractivity contribution in [3.05, 3.63) is 58.6 Å². The van der Waals surface area contributed by atoms with Crippen LogP contribution in [0.25, 0.3) is 0 Å². The lowest BCUT2D eigenvalue weighted by atomic mass is 10.2. The van der Waals surface area contributed by atoms with Gasteiger partial charge in [-0.15, -0.1) is 0 Å². The summed E-state index contributed by atoms with van der Waals surface area (Å²) < 4.78 is 25.3. The molecule has 0 heterocycles. The Labute approximate surface area is 147 Å². The molecule has 0 saturated carbocycles. The molecule has 24 heavy (non-hydrogen) atoms. The molecular formula is C17H19ClN2O3S. The number of nitrogens with one attached hydrogen (secondary N) is 1. The van der Waals surface area contributed by atoms with E-state index in [1.54, 1.807) is 37.3 Å². The number of rotatable bonds is 5.